The number of primary sulfonamides is 1. The van der Waals surface area contributed by atoms with Crippen LogP contribution in [0.25, 0.3) is 23.3 Å². The summed E-state index contributed by atoms with van der Waals surface area (Å²) in [6, 6.07) is 13.7. The Morgan fingerprint density at radius 3 is 2.08 bits per heavy atom. The highest BCUT2D eigenvalue weighted by Crippen LogP contribution is 2.22. The number of carbonyl (C=O) groups is 1. The van der Waals surface area contributed by atoms with Gasteiger partial charge in [-0.3, -0.25) is 0 Å². The molecule has 0 radical (unpaired) electrons. The van der Waals surface area contributed by atoms with Crippen molar-refractivity contribution >= 4 is 28.1 Å². The third-order valence-electron chi connectivity index (χ3n) is 3.64. The predicted octanol–water partition coefficient (Wildman–Crippen LogP) is 1.99. The number of aromatic nitrogens is 3. The van der Waals surface area contributed by atoms with E-state index in [1.54, 1.807) is 24.3 Å². The van der Waals surface area contributed by atoms with Crippen molar-refractivity contribution in [2.75, 3.05) is 0 Å². The van der Waals surface area contributed by atoms with Gasteiger partial charge in [0.1, 0.15) is 5.69 Å². The molecule has 1 aromatic heterocycles. The highest BCUT2D eigenvalue weighted by atomic mass is 32.2. The third kappa shape index (κ3) is 3.85. The lowest BCUT2D eigenvalue weighted by Gasteiger charge is -2.04. The summed E-state index contributed by atoms with van der Waals surface area (Å²) in [5, 5.41) is 23.7. The number of benzene rings is 2. The van der Waals surface area contributed by atoms with Gasteiger partial charge in [-0.05, 0) is 34.9 Å². The van der Waals surface area contributed by atoms with Crippen LogP contribution in [0.5, 0.6) is 0 Å². The summed E-state index contributed by atoms with van der Waals surface area (Å²) in [6.45, 7) is 0. The molecular formula is C17H14N4O4S. The second kappa shape index (κ2) is 6.90. The number of carboxylic acid groups (broad SMARTS) is 1. The molecule has 9 heteroatoms. The molecule has 0 aliphatic carbocycles. The normalized spacial score (nSPS) is 11.7. The number of nitrogens with one attached hydrogen (secondary N) is 1. The maximum absolute atomic E-state index is 11.3. The minimum Gasteiger partial charge on any atom is -0.476 e. The molecule has 0 bridgehead atoms. The summed E-state index contributed by atoms with van der Waals surface area (Å²) in [6.07, 6.45) is 3.28. The Balaban J connectivity index is 1.79. The molecule has 1 heterocycles. The number of rotatable bonds is 5. The van der Waals surface area contributed by atoms with Gasteiger partial charge in [-0.2, -0.15) is 10.3 Å². The Kier molecular flexibility index (Phi) is 4.65. The zero-order valence-electron chi connectivity index (χ0n) is 13.3. The first-order chi connectivity index (χ1) is 12.3. The van der Waals surface area contributed by atoms with Gasteiger partial charge in [0, 0.05) is 0 Å². The first-order valence-electron chi connectivity index (χ1n) is 7.40. The minimum absolute atomic E-state index is 0.0580. The molecule has 3 rings (SSSR count). The summed E-state index contributed by atoms with van der Waals surface area (Å²) in [5.74, 6) is -1.16. The van der Waals surface area contributed by atoms with Crippen molar-refractivity contribution < 1.29 is 18.3 Å². The highest BCUT2D eigenvalue weighted by molar-refractivity contribution is 7.89. The van der Waals surface area contributed by atoms with Crippen LogP contribution in [0.2, 0.25) is 0 Å². The maximum atomic E-state index is 11.3. The van der Waals surface area contributed by atoms with Gasteiger partial charge in [0.2, 0.25) is 10.0 Å². The van der Waals surface area contributed by atoms with Crippen LogP contribution in [-0.2, 0) is 10.0 Å². The van der Waals surface area contributed by atoms with Gasteiger partial charge < -0.3 is 5.11 Å². The number of carboxylic acids is 1. The molecule has 3 aromatic rings. The molecule has 0 aliphatic heterocycles. The lowest BCUT2D eigenvalue weighted by Crippen LogP contribution is -2.11. The quantitative estimate of drug-likeness (QED) is 0.627. The average Bonchev–Trinajstić information content (AvgIpc) is 3.09. The number of aromatic carboxylic acids is 1. The van der Waals surface area contributed by atoms with Crippen molar-refractivity contribution in [3.05, 3.63) is 65.5 Å². The second-order valence-electron chi connectivity index (χ2n) is 5.39. The maximum Gasteiger partial charge on any atom is 0.358 e. The Bertz CT molecular complexity index is 1070. The first-order valence-corrected chi connectivity index (χ1v) is 8.95. The molecule has 0 amide bonds. The van der Waals surface area contributed by atoms with Gasteiger partial charge in [-0.15, -0.1) is 5.10 Å². The van der Waals surface area contributed by atoms with Gasteiger partial charge in [0.05, 0.1) is 4.90 Å². The number of sulfonamides is 1. The number of hydrogen-bond donors (Lipinski definition) is 3. The Morgan fingerprint density at radius 2 is 1.54 bits per heavy atom. The molecule has 0 aliphatic rings. The summed E-state index contributed by atoms with van der Waals surface area (Å²) in [5.41, 5.74) is 2.68. The summed E-state index contributed by atoms with van der Waals surface area (Å²) >= 11 is 0. The largest absolute Gasteiger partial charge is 0.476 e. The Labute approximate surface area is 149 Å². The van der Waals surface area contributed by atoms with E-state index in [0.29, 0.717) is 0 Å². The fourth-order valence-corrected chi connectivity index (χ4v) is 2.83. The van der Waals surface area contributed by atoms with E-state index in [1.165, 1.54) is 12.1 Å². The van der Waals surface area contributed by atoms with Gasteiger partial charge in [0.15, 0.2) is 5.69 Å². The summed E-state index contributed by atoms with van der Waals surface area (Å²) in [4.78, 5) is 11.0. The summed E-state index contributed by atoms with van der Waals surface area (Å²) < 4.78 is 22.6. The van der Waals surface area contributed by atoms with Crippen LogP contribution in [0.1, 0.15) is 21.7 Å². The number of nitrogens with two attached hydrogens (primary N) is 1. The summed E-state index contributed by atoms with van der Waals surface area (Å²) in [7, 11) is -3.71. The molecule has 0 unspecified atom stereocenters. The van der Waals surface area contributed by atoms with Crippen molar-refractivity contribution in [2.24, 2.45) is 5.14 Å². The molecule has 26 heavy (non-hydrogen) atoms. The van der Waals surface area contributed by atoms with E-state index in [1.807, 2.05) is 24.3 Å². The predicted molar refractivity (Wildman–Crippen MR) is 95.5 cm³/mol. The van der Waals surface area contributed by atoms with Crippen LogP contribution >= 0.6 is 0 Å². The van der Waals surface area contributed by atoms with E-state index in [4.69, 9.17) is 10.2 Å². The standard InChI is InChI=1S/C17H14N4O4S/c18-26(24,25)14-8-6-13(7-9-14)12-4-1-11(2-5-12)3-10-15-16(17(22)23)20-21-19-15/h1-10H,(H,22,23)(H2,18,24,25)(H,19,20,21)/b10-3+. The third-order valence-corrected chi connectivity index (χ3v) is 4.57. The lowest BCUT2D eigenvalue weighted by molar-refractivity contribution is 0.0690. The van der Waals surface area contributed by atoms with E-state index in [2.05, 4.69) is 15.4 Å². The van der Waals surface area contributed by atoms with Crippen molar-refractivity contribution in [1.29, 1.82) is 0 Å². The lowest BCUT2D eigenvalue weighted by atomic mass is 10.0. The van der Waals surface area contributed by atoms with Crippen LogP contribution in [0.4, 0.5) is 0 Å². The fraction of sp³-hybridized carbons (Fsp3) is 0. The molecule has 132 valence electrons. The van der Waals surface area contributed by atoms with E-state index in [0.717, 1.165) is 16.7 Å². The fourth-order valence-electron chi connectivity index (χ4n) is 2.31. The highest BCUT2D eigenvalue weighted by Gasteiger charge is 2.12. The molecule has 4 N–H and O–H groups in total. The van der Waals surface area contributed by atoms with Crippen LogP contribution in [-0.4, -0.2) is 34.9 Å². The Hall–Kier alpha value is -3.30. The van der Waals surface area contributed by atoms with Crippen LogP contribution in [0.15, 0.2) is 53.4 Å². The zero-order chi connectivity index (χ0) is 18.7. The van der Waals surface area contributed by atoms with Crippen molar-refractivity contribution in [3.8, 4) is 11.1 Å². The molecule has 0 saturated heterocycles. The van der Waals surface area contributed by atoms with Gasteiger partial charge in [-0.25, -0.2) is 18.4 Å². The van der Waals surface area contributed by atoms with Crippen LogP contribution in [0.3, 0.4) is 0 Å². The number of H-pyrrole nitrogens is 1. The second-order valence-corrected chi connectivity index (χ2v) is 6.95. The molecule has 0 spiro atoms. The molecule has 2 aromatic carbocycles. The van der Waals surface area contributed by atoms with Crippen molar-refractivity contribution in [1.82, 2.24) is 15.4 Å². The van der Waals surface area contributed by atoms with Crippen LogP contribution < -0.4 is 5.14 Å². The monoisotopic (exact) mass is 370 g/mol. The van der Waals surface area contributed by atoms with E-state index < -0.39 is 16.0 Å². The van der Waals surface area contributed by atoms with Gasteiger partial charge >= 0.3 is 5.97 Å². The van der Waals surface area contributed by atoms with Crippen molar-refractivity contribution in [2.45, 2.75) is 4.90 Å². The van der Waals surface area contributed by atoms with E-state index in [9.17, 15) is 13.2 Å². The molecule has 0 saturated carbocycles. The van der Waals surface area contributed by atoms with Crippen molar-refractivity contribution in [3.63, 3.8) is 0 Å². The smallest absolute Gasteiger partial charge is 0.358 e. The molecular weight excluding hydrogens is 356 g/mol. The number of hydrogen-bond acceptors (Lipinski definition) is 5. The SMILES string of the molecule is NS(=O)(=O)c1ccc(-c2ccc(/C=C/c3n[nH]nc3C(=O)O)cc2)cc1. The average molecular weight is 370 g/mol. The number of nitrogens with zero attached hydrogens (tertiary/aromatic N) is 2. The Morgan fingerprint density at radius 1 is 0.962 bits per heavy atom. The molecule has 0 atom stereocenters. The van der Waals surface area contributed by atoms with Gasteiger partial charge in [-0.1, -0.05) is 42.5 Å². The minimum atomic E-state index is -3.71. The van der Waals surface area contributed by atoms with Crippen LogP contribution in [0, 0.1) is 0 Å². The van der Waals surface area contributed by atoms with E-state index >= 15 is 0 Å². The zero-order valence-corrected chi connectivity index (χ0v) is 14.1. The topological polar surface area (TPSA) is 139 Å². The first kappa shape index (κ1) is 17.5. The number of aromatic amines is 1. The molecule has 8 nitrogen and oxygen atoms in total. The van der Waals surface area contributed by atoms with E-state index in [-0.39, 0.29) is 16.3 Å². The molecule has 0 fully saturated rings. The van der Waals surface area contributed by atoms with Gasteiger partial charge in [0.25, 0.3) is 0 Å².